The van der Waals surface area contributed by atoms with Crippen LogP contribution in [0.4, 0.5) is 0 Å². The normalized spacial score (nSPS) is 12.0. The fraction of sp³-hybridized carbons (Fsp3) is 0.111. The molecule has 3 nitrogen and oxygen atoms in total. The van der Waals surface area contributed by atoms with Crippen molar-refractivity contribution in [2.24, 2.45) is 0 Å². The van der Waals surface area contributed by atoms with Gasteiger partial charge in [-0.2, -0.15) is 0 Å². The number of halogens is 1. The molecule has 0 saturated carbocycles. The van der Waals surface area contributed by atoms with E-state index >= 15 is 0 Å². The van der Waals surface area contributed by atoms with Gasteiger partial charge in [0, 0.05) is 35.3 Å². The molecule has 0 radical (unpaired) electrons. The topological polar surface area (TPSA) is 45.8 Å². The van der Waals surface area contributed by atoms with E-state index in [9.17, 15) is 4.79 Å². The number of nitrogens with zero attached hydrogens (tertiary/aromatic N) is 1. The average molecular weight is 311 g/mol. The molecule has 0 amide bonds. The summed E-state index contributed by atoms with van der Waals surface area (Å²) in [6, 6.07) is 16.9. The lowest BCUT2D eigenvalue weighted by atomic mass is 9.91. The van der Waals surface area contributed by atoms with Crippen LogP contribution in [0.2, 0.25) is 5.02 Å². The average Bonchev–Trinajstić information content (AvgIpc) is 3.08. The van der Waals surface area contributed by atoms with Crippen LogP contribution < -0.4 is 0 Å². The predicted molar refractivity (Wildman–Crippen MR) is 87.3 cm³/mol. The zero-order valence-corrected chi connectivity index (χ0v) is 12.6. The van der Waals surface area contributed by atoms with E-state index < -0.39 is 0 Å². The predicted octanol–water partition coefficient (Wildman–Crippen LogP) is 4.47. The summed E-state index contributed by atoms with van der Waals surface area (Å²) >= 11 is 5.87. The molecule has 0 saturated heterocycles. The number of H-pyrrole nitrogens is 1. The van der Waals surface area contributed by atoms with Crippen LogP contribution in [-0.2, 0) is 0 Å². The molecular weight excluding hydrogens is 296 g/mol. The molecule has 3 aromatic rings. The number of rotatable bonds is 5. The number of aromatic amines is 1. The number of nitrogens with one attached hydrogen (secondary N) is 1. The Bertz CT molecular complexity index is 737. The number of ketones is 1. The fourth-order valence-corrected chi connectivity index (χ4v) is 2.59. The number of carbonyl (C=O) groups is 1. The Morgan fingerprint density at radius 1 is 1.09 bits per heavy atom. The van der Waals surface area contributed by atoms with E-state index in [-0.39, 0.29) is 11.7 Å². The van der Waals surface area contributed by atoms with Crippen LogP contribution in [0.5, 0.6) is 0 Å². The second-order valence-electron chi connectivity index (χ2n) is 5.07. The standard InChI is InChI=1S/C18H15ClN2O/c19-15-8-6-14(7-9-15)17(22)12-16(18-20-10-11-21-18)13-4-2-1-3-5-13/h1-11,16H,12H2,(H,20,21). The van der Waals surface area contributed by atoms with Gasteiger partial charge < -0.3 is 4.98 Å². The van der Waals surface area contributed by atoms with Gasteiger partial charge in [-0.05, 0) is 29.8 Å². The van der Waals surface area contributed by atoms with Crippen molar-refractivity contribution in [1.82, 2.24) is 9.97 Å². The second kappa shape index (κ2) is 6.58. The highest BCUT2D eigenvalue weighted by Gasteiger charge is 2.21. The number of Topliss-reactive ketones (excluding diaryl/α,β-unsaturated/α-hetero) is 1. The van der Waals surface area contributed by atoms with Gasteiger partial charge in [-0.1, -0.05) is 41.9 Å². The highest BCUT2D eigenvalue weighted by atomic mass is 35.5. The molecule has 1 unspecified atom stereocenters. The number of imidazole rings is 1. The van der Waals surface area contributed by atoms with Crippen molar-refractivity contribution in [2.75, 3.05) is 0 Å². The molecule has 0 aliphatic carbocycles. The summed E-state index contributed by atoms with van der Waals surface area (Å²) in [5.74, 6) is 0.787. The van der Waals surface area contributed by atoms with Crippen LogP contribution >= 0.6 is 11.6 Å². The Kier molecular flexibility index (Phi) is 4.35. The summed E-state index contributed by atoms with van der Waals surface area (Å²) in [6.45, 7) is 0. The van der Waals surface area contributed by atoms with Crippen molar-refractivity contribution >= 4 is 17.4 Å². The number of hydrogen-bond donors (Lipinski definition) is 1. The zero-order chi connectivity index (χ0) is 15.4. The van der Waals surface area contributed by atoms with Crippen LogP contribution in [0.1, 0.15) is 34.1 Å². The molecule has 0 aliphatic heterocycles. The van der Waals surface area contributed by atoms with Gasteiger partial charge in [-0.25, -0.2) is 4.98 Å². The van der Waals surface area contributed by atoms with Gasteiger partial charge in [0.1, 0.15) is 5.82 Å². The molecule has 3 rings (SSSR count). The lowest BCUT2D eigenvalue weighted by molar-refractivity contribution is 0.0977. The molecule has 110 valence electrons. The summed E-state index contributed by atoms with van der Waals surface area (Å²) in [7, 11) is 0. The first kappa shape index (κ1) is 14.5. The molecule has 1 aromatic heterocycles. The highest BCUT2D eigenvalue weighted by Crippen LogP contribution is 2.27. The molecular formula is C18H15ClN2O. The summed E-state index contributed by atoms with van der Waals surface area (Å²) in [4.78, 5) is 20.0. The van der Waals surface area contributed by atoms with Gasteiger partial charge >= 0.3 is 0 Å². The molecule has 0 bridgehead atoms. The third kappa shape index (κ3) is 3.26. The van der Waals surface area contributed by atoms with Gasteiger partial charge in [0.05, 0.1) is 0 Å². The number of carbonyl (C=O) groups excluding carboxylic acids is 1. The Morgan fingerprint density at radius 3 is 2.45 bits per heavy atom. The van der Waals surface area contributed by atoms with Crippen molar-refractivity contribution in [1.29, 1.82) is 0 Å². The molecule has 2 aromatic carbocycles. The van der Waals surface area contributed by atoms with E-state index in [1.54, 1.807) is 36.7 Å². The quantitative estimate of drug-likeness (QED) is 0.707. The van der Waals surface area contributed by atoms with Crippen LogP contribution in [-0.4, -0.2) is 15.8 Å². The maximum atomic E-state index is 12.6. The number of hydrogen-bond acceptors (Lipinski definition) is 2. The van der Waals surface area contributed by atoms with Gasteiger partial charge in [-0.3, -0.25) is 4.79 Å². The lowest BCUT2D eigenvalue weighted by Crippen LogP contribution is -2.10. The van der Waals surface area contributed by atoms with Crippen LogP contribution in [0.25, 0.3) is 0 Å². The molecule has 4 heteroatoms. The van der Waals surface area contributed by atoms with E-state index in [4.69, 9.17) is 11.6 Å². The van der Waals surface area contributed by atoms with Crippen molar-refractivity contribution in [3.05, 3.63) is 89.0 Å². The van der Waals surface area contributed by atoms with E-state index in [1.807, 2.05) is 30.3 Å². The summed E-state index contributed by atoms with van der Waals surface area (Å²) in [5.41, 5.74) is 1.73. The van der Waals surface area contributed by atoms with E-state index in [1.165, 1.54) is 0 Å². The minimum absolute atomic E-state index is 0.0712. The van der Waals surface area contributed by atoms with Gasteiger partial charge in [0.25, 0.3) is 0 Å². The van der Waals surface area contributed by atoms with Crippen LogP contribution in [0, 0.1) is 0 Å². The molecule has 1 heterocycles. The Morgan fingerprint density at radius 2 is 1.82 bits per heavy atom. The van der Waals surface area contributed by atoms with E-state index in [0.29, 0.717) is 17.0 Å². The lowest BCUT2D eigenvalue weighted by Gasteiger charge is -2.14. The maximum absolute atomic E-state index is 12.6. The van der Waals surface area contributed by atoms with Gasteiger partial charge in [0.2, 0.25) is 0 Å². The first-order valence-corrected chi connectivity index (χ1v) is 7.45. The SMILES string of the molecule is O=C(CC(c1ccccc1)c1ncc[nH]1)c1ccc(Cl)cc1. The summed E-state index contributed by atoms with van der Waals surface area (Å²) < 4.78 is 0. The van der Waals surface area contributed by atoms with E-state index in [2.05, 4.69) is 9.97 Å². The van der Waals surface area contributed by atoms with Crippen molar-refractivity contribution in [3.8, 4) is 0 Å². The minimum atomic E-state index is -0.0839. The zero-order valence-electron chi connectivity index (χ0n) is 11.9. The van der Waals surface area contributed by atoms with Crippen molar-refractivity contribution in [2.45, 2.75) is 12.3 Å². The first-order valence-electron chi connectivity index (χ1n) is 7.07. The Labute approximate surface area is 134 Å². The number of aromatic nitrogens is 2. The molecule has 22 heavy (non-hydrogen) atoms. The summed E-state index contributed by atoms with van der Waals surface area (Å²) in [5, 5.41) is 0.627. The molecule has 1 N–H and O–H groups in total. The molecule has 0 fully saturated rings. The van der Waals surface area contributed by atoms with Crippen molar-refractivity contribution in [3.63, 3.8) is 0 Å². The monoisotopic (exact) mass is 310 g/mol. The fourth-order valence-electron chi connectivity index (χ4n) is 2.46. The maximum Gasteiger partial charge on any atom is 0.163 e. The minimum Gasteiger partial charge on any atom is -0.348 e. The molecule has 0 aliphatic rings. The number of benzene rings is 2. The first-order chi connectivity index (χ1) is 10.7. The van der Waals surface area contributed by atoms with Crippen molar-refractivity contribution < 1.29 is 4.79 Å². The third-order valence-electron chi connectivity index (χ3n) is 3.61. The smallest absolute Gasteiger partial charge is 0.163 e. The van der Waals surface area contributed by atoms with Crippen LogP contribution in [0.3, 0.4) is 0 Å². The van der Waals surface area contributed by atoms with Gasteiger partial charge in [-0.15, -0.1) is 0 Å². The van der Waals surface area contributed by atoms with E-state index in [0.717, 1.165) is 11.4 Å². The Balaban J connectivity index is 1.87. The second-order valence-corrected chi connectivity index (χ2v) is 5.51. The highest BCUT2D eigenvalue weighted by molar-refractivity contribution is 6.30. The Hall–Kier alpha value is -2.39. The molecule has 1 atom stereocenters. The summed E-state index contributed by atoms with van der Waals surface area (Å²) in [6.07, 6.45) is 3.84. The molecule has 0 spiro atoms. The third-order valence-corrected chi connectivity index (χ3v) is 3.86. The largest absolute Gasteiger partial charge is 0.348 e. The van der Waals surface area contributed by atoms with Gasteiger partial charge in [0.15, 0.2) is 5.78 Å². The van der Waals surface area contributed by atoms with Crippen LogP contribution in [0.15, 0.2) is 67.0 Å².